The third-order valence-corrected chi connectivity index (χ3v) is 6.19. The number of carbonyl (C=O) groups is 3. The zero-order chi connectivity index (χ0) is 23.6. The Morgan fingerprint density at radius 3 is 2.61 bits per heavy atom. The van der Waals surface area contributed by atoms with E-state index in [1.165, 1.54) is 4.90 Å². The minimum atomic E-state index is -1.13. The number of fused-ring (bicyclic) bond motifs is 3. The first-order valence-electron chi connectivity index (χ1n) is 11.0. The van der Waals surface area contributed by atoms with Crippen molar-refractivity contribution in [3.63, 3.8) is 0 Å². The summed E-state index contributed by atoms with van der Waals surface area (Å²) in [6.45, 7) is 4.55. The Labute approximate surface area is 192 Å². The molecule has 1 aliphatic heterocycles. The number of para-hydroxylation sites is 2. The highest BCUT2D eigenvalue weighted by Crippen LogP contribution is 2.31. The second-order valence-corrected chi connectivity index (χ2v) is 8.31. The minimum absolute atomic E-state index is 0.188. The highest BCUT2D eigenvalue weighted by atomic mass is 16.5. The smallest absolute Gasteiger partial charge is 0.271 e. The number of ether oxygens (including phenoxy) is 1. The molecule has 2 heterocycles. The fourth-order valence-electron chi connectivity index (χ4n) is 4.15. The van der Waals surface area contributed by atoms with E-state index in [2.05, 4.69) is 10.6 Å². The van der Waals surface area contributed by atoms with Gasteiger partial charge in [0.2, 0.25) is 11.8 Å². The second-order valence-electron chi connectivity index (χ2n) is 8.31. The Morgan fingerprint density at radius 1 is 1.09 bits per heavy atom. The highest BCUT2D eigenvalue weighted by molar-refractivity contribution is 6.03. The average molecular weight is 449 g/mol. The summed E-state index contributed by atoms with van der Waals surface area (Å²) < 4.78 is 7.45. The number of aromatic nitrogens is 1. The van der Waals surface area contributed by atoms with Crippen molar-refractivity contribution in [1.29, 1.82) is 0 Å². The fourth-order valence-corrected chi connectivity index (χ4v) is 4.15. The number of nitrogens with one attached hydrogen (secondary N) is 2. The monoisotopic (exact) mass is 448 g/mol. The SMILES string of the molecule is CCOc1ccccc1CNC(=O)CNC(=O)[C@@]1(C)Cn2c(cc3ccccc32)C(=O)N1C. The zero-order valence-electron chi connectivity index (χ0n) is 19.1. The maximum atomic E-state index is 13.1. The molecule has 0 spiro atoms. The maximum Gasteiger partial charge on any atom is 0.271 e. The maximum absolute atomic E-state index is 13.1. The predicted molar refractivity (Wildman–Crippen MR) is 125 cm³/mol. The molecule has 0 fully saturated rings. The summed E-state index contributed by atoms with van der Waals surface area (Å²) in [5.74, 6) is -0.220. The molecule has 0 aliphatic carbocycles. The van der Waals surface area contributed by atoms with Crippen molar-refractivity contribution in [3.05, 3.63) is 65.9 Å². The van der Waals surface area contributed by atoms with Crippen LogP contribution in [0.1, 0.15) is 29.9 Å². The quantitative estimate of drug-likeness (QED) is 0.580. The number of nitrogens with zero attached hydrogens (tertiary/aromatic N) is 2. The van der Waals surface area contributed by atoms with E-state index in [1.807, 2.05) is 66.1 Å². The van der Waals surface area contributed by atoms with E-state index in [0.29, 0.717) is 31.1 Å². The molecule has 8 nitrogen and oxygen atoms in total. The van der Waals surface area contributed by atoms with Crippen molar-refractivity contribution >= 4 is 28.6 Å². The van der Waals surface area contributed by atoms with Crippen LogP contribution in [0.5, 0.6) is 5.75 Å². The summed E-state index contributed by atoms with van der Waals surface area (Å²) in [6, 6.07) is 17.0. The molecule has 2 aromatic carbocycles. The minimum Gasteiger partial charge on any atom is -0.494 e. The van der Waals surface area contributed by atoms with Crippen LogP contribution in [0.3, 0.4) is 0 Å². The standard InChI is InChI=1S/C25H28N4O4/c1-4-33-21-12-8-6-10-18(21)14-26-22(30)15-27-24(32)25(2)16-29-19-11-7-5-9-17(19)13-20(29)23(31)28(25)3/h5-13H,4,14-16H2,1-3H3,(H,26,30)(H,27,32)/t25-/m1/s1. The molecule has 1 aromatic heterocycles. The van der Waals surface area contributed by atoms with Gasteiger partial charge in [-0.05, 0) is 32.0 Å². The Morgan fingerprint density at radius 2 is 1.82 bits per heavy atom. The first-order chi connectivity index (χ1) is 15.8. The number of likely N-dealkylation sites (N-methyl/N-ethyl adjacent to an activating group) is 1. The topological polar surface area (TPSA) is 92.7 Å². The predicted octanol–water partition coefficient (Wildman–Crippen LogP) is 2.32. The molecule has 8 heteroatoms. The Balaban J connectivity index is 1.42. The zero-order valence-corrected chi connectivity index (χ0v) is 19.1. The summed E-state index contributed by atoms with van der Waals surface area (Å²) in [7, 11) is 1.62. The molecule has 2 N–H and O–H groups in total. The van der Waals surface area contributed by atoms with Crippen molar-refractivity contribution in [2.45, 2.75) is 32.5 Å². The van der Waals surface area contributed by atoms with Crippen molar-refractivity contribution in [2.75, 3.05) is 20.2 Å². The van der Waals surface area contributed by atoms with Crippen molar-refractivity contribution in [2.24, 2.45) is 0 Å². The van der Waals surface area contributed by atoms with Gasteiger partial charge >= 0.3 is 0 Å². The van der Waals surface area contributed by atoms with Crippen LogP contribution in [-0.4, -0.2) is 52.9 Å². The first kappa shape index (κ1) is 22.4. The summed E-state index contributed by atoms with van der Waals surface area (Å²) in [6.07, 6.45) is 0. The lowest BCUT2D eigenvalue weighted by Gasteiger charge is -2.41. The van der Waals surface area contributed by atoms with Gasteiger partial charge in [-0.15, -0.1) is 0 Å². The summed E-state index contributed by atoms with van der Waals surface area (Å²) in [5, 5.41) is 6.46. The summed E-state index contributed by atoms with van der Waals surface area (Å²) >= 11 is 0. The second kappa shape index (κ2) is 8.97. The van der Waals surface area contributed by atoms with E-state index >= 15 is 0 Å². The number of benzene rings is 2. The molecule has 33 heavy (non-hydrogen) atoms. The molecule has 0 unspecified atom stereocenters. The van der Waals surface area contributed by atoms with Crippen LogP contribution in [0.2, 0.25) is 0 Å². The average Bonchev–Trinajstić information content (AvgIpc) is 3.19. The van der Waals surface area contributed by atoms with Crippen LogP contribution in [-0.2, 0) is 22.7 Å². The van der Waals surface area contributed by atoms with Gasteiger partial charge in [-0.25, -0.2) is 0 Å². The first-order valence-corrected chi connectivity index (χ1v) is 11.0. The molecule has 172 valence electrons. The lowest BCUT2D eigenvalue weighted by atomic mass is 9.95. The van der Waals surface area contributed by atoms with Gasteiger partial charge in [0.25, 0.3) is 5.91 Å². The van der Waals surface area contributed by atoms with Gasteiger partial charge in [0.05, 0.1) is 19.7 Å². The van der Waals surface area contributed by atoms with Crippen molar-refractivity contribution in [3.8, 4) is 5.75 Å². The number of carbonyl (C=O) groups excluding carboxylic acids is 3. The Bertz CT molecular complexity index is 1220. The largest absolute Gasteiger partial charge is 0.494 e. The highest BCUT2D eigenvalue weighted by Gasteiger charge is 2.45. The third kappa shape index (κ3) is 4.16. The number of amides is 3. The Kier molecular flexibility index (Phi) is 6.09. The molecule has 1 atom stereocenters. The molecule has 4 rings (SSSR count). The summed E-state index contributed by atoms with van der Waals surface area (Å²) in [4.78, 5) is 40.0. The van der Waals surface area contributed by atoms with Crippen LogP contribution in [0.4, 0.5) is 0 Å². The van der Waals surface area contributed by atoms with Crippen molar-refractivity contribution < 1.29 is 19.1 Å². The van der Waals surface area contributed by atoms with Crippen LogP contribution < -0.4 is 15.4 Å². The van der Waals surface area contributed by atoms with Crippen LogP contribution >= 0.6 is 0 Å². The van der Waals surface area contributed by atoms with Gasteiger partial charge in [0, 0.05) is 30.1 Å². The third-order valence-electron chi connectivity index (χ3n) is 6.19. The fraction of sp³-hybridized carbons (Fsp3) is 0.320. The van der Waals surface area contributed by atoms with Gasteiger partial charge in [0.15, 0.2) is 0 Å². The Hall–Kier alpha value is -3.81. The molecular weight excluding hydrogens is 420 g/mol. The van der Waals surface area contributed by atoms with E-state index in [1.54, 1.807) is 14.0 Å². The van der Waals surface area contributed by atoms with Crippen molar-refractivity contribution in [1.82, 2.24) is 20.1 Å². The van der Waals surface area contributed by atoms with Crippen LogP contribution in [0, 0.1) is 0 Å². The molecule has 1 aliphatic rings. The van der Waals surface area contributed by atoms with E-state index in [0.717, 1.165) is 16.5 Å². The molecular formula is C25H28N4O4. The molecule has 3 aromatic rings. The number of hydrogen-bond donors (Lipinski definition) is 2. The van der Waals surface area contributed by atoms with E-state index < -0.39 is 5.54 Å². The van der Waals surface area contributed by atoms with Gasteiger partial charge in [-0.1, -0.05) is 36.4 Å². The summed E-state index contributed by atoms with van der Waals surface area (Å²) in [5.41, 5.74) is 1.18. The lowest BCUT2D eigenvalue weighted by molar-refractivity contribution is -0.134. The van der Waals surface area contributed by atoms with Gasteiger partial charge in [0.1, 0.15) is 17.0 Å². The van der Waals surface area contributed by atoms with Crippen LogP contribution in [0.15, 0.2) is 54.6 Å². The van der Waals surface area contributed by atoms with Gasteiger partial charge in [-0.3, -0.25) is 14.4 Å². The van der Waals surface area contributed by atoms with Gasteiger partial charge in [-0.2, -0.15) is 0 Å². The van der Waals surface area contributed by atoms with E-state index in [-0.39, 0.29) is 24.3 Å². The van der Waals surface area contributed by atoms with Gasteiger partial charge < -0.3 is 24.8 Å². The molecule has 0 radical (unpaired) electrons. The lowest BCUT2D eigenvalue weighted by Crippen LogP contribution is -2.63. The molecule has 0 bridgehead atoms. The molecule has 0 saturated carbocycles. The number of rotatable bonds is 7. The normalized spacial score (nSPS) is 17.5. The molecule has 0 saturated heterocycles. The number of hydrogen-bond acceptors (Lipinski definition) is 4. The van der Waals surface area contributed by atoms with E-state index in [4.69, 9.17) is 4.74 Å². The van der Waals surface area contributed by atoms with E-state index in [9.17, 15) is 14.4 Å². The molecule has 3 amide bonds. The van der Waals surface area contributed by atoms with Crippen LogP contribution in [0.25, 0.3) is 10.9 Å².